The molecule has 0 spiro atoms. The Hall–Kier alpha value is -1.10. The van der Waals surface area contributed by atoms with E-state index in [0.29, 0.717) is 0 Å². The van der Waals surface area contributed by atoms with E-state index in [0.717, 1.165) is 58.9 Å². The summed E-state index contributed by atoms with van der Waals surface area (Å²) in [4.78, 5) is 4.88. The van der Waals surface area contributed by atoms with Crippen molar-refractivity contribution < 1.29 is 4.74 Å². The van der Waals surface area contributed by atoms with E-state index in [2.05, 4.69) is 53.4 Å². The molecule has 25 heavy (non-hydrogen) atoms. The zero-order chi connectivity index (χ0) is 17.7. The number of nitrogens with zero attached hydrogens (tertiary/aromatic N) is 2. The number of hydrogen-bond donors (Lipinski definition) is 1. The molecule has 0 atom stereocenters. The van der Waals surface area contributed by atoms with Crippen LogP contribution in [0.3, 0.4) is 0 Å². The maximum absolute atomic E-state index is 5.64. The number of anilines is 1. The molecule has 0 bridgehead atoms. The van der Waals surface area contributed by atoms with Gasteiger partial charge in [-0.15, -0.1) is 0 Å². The van der Waals surface area contributed by atoms with Gasteiger partial charge >= 0.3 is 0 Å². The van der Waals surface area contributed by atoms with Crippen LogP contribution in [0.2, 0.25) is 0 Å². The van der Waals surface area contributed by atoms with E-state index in [1.165, 1.54) is 36.9 Å². The monoisotopic (exact) mass is 347 g/mol. The molecular weight excluding hydrogens is 310 g/mol. The lowest BCUT2D eigenvalue weighted by atomic mass is 10.1. The molecule has 1 N–H and O–H groups in total. The number of likely N-dealkylation sites (N-methyl/N-ethyl adjacent to an activating group) is 1. The number of nitrogens with one attached hydrogen (secondary N) is 1. The smallest absolute Gasteiger partial charge is 0.0466 e. The number of hydrogen-bond acceptors (Lipinski definition) is 4. The molecule has 1 aliphatic heterocycles. The molecule has 1 aliphatic rings. The minimum atomic E-state index is 0.908. The van der Waals surface area contributed by atoms with Crippen LogP contribution in [0.5, 0.6) is 0 Å². The topological polar surface area (TPSA) is 27.7 Å². The summed E-state index contributed by atoms with van der Waals surface area (Å²) in [5, 5.41) is 3.54. The summed E-state index contributed by atoms with van der Waals surface area (Å²) < 4.78 is 5.64. The zero-order valence-corrected chi connectivity index (χ0v) is 16.3. The van der Waals surface area contributed by atoms with Crippen LogP contribution in [-0.2, 0) is 11.3 Å². The van der Waals surface area contributed by atoms with Crippen LogP contribution >= 0.6 is 0 Å². The van der Waals surface area contributed by atoms with E-state index in [1.54, 1.807) is 0 Å². The fourth-order valence-electron chi connectivity index (χ4n) is 3.13. The van der Waals surface area contributed by atoms with Gasteiger partial charge in [-0.05, 0) is 50.6 Å². The van der Waals surface area contributed by atoms with Crippen molar-refractivity contribution in [1.82, 2.24) is 10.2 Å². The van der Waals surface area contributed by atoms with E-state index in [9.17, 15) is 0 Å². The molecule has 0 saturated carbocycles. The van der Waals surface area contributed by atoms with Gasteiger partial charge in [0.1, 0.15) is 0 Å². The minimum Gasteiger partial charge on any atom is -0.381 e. The van der Waals surface area contributed by atoms with E-state index in [-0.39, 0.29) is 0 Å². The fourth-order valence-corrected chi connectivity index (χ4v) is 3.13. The molecule has 4 nitrogen and oxygen atoms in total. The summed E-state index contributed by atoms with van der Waals surface area (Å²) in [5.74, 6) is 0. The Morgan fingerprint density at radius 2 is 1.60 bits per heavy atom. The summed E-state index contributed by atoms with van der Waals surface area (Å²) in [6, 6.07) is 9.06. The van der Waals surface area contributed by atoms with E-state index >= 15 is 0 Å². The summed E-state index contributed by atoms with van der Waals surface area (Å²) in [6.45, 7) is 10.7. The van der Waals surface area contributed by atoms with Crippen LogP contribution in [0.1, 0.15) is 44.6 Å². The molecular formula is C21H37N3O. The van der Waals surface area contributed by atoms with Crippen molar-refractivity contribution in [2.75, 3.05) is 57.9 Å². The lowest BCUT2D eigenvalue weighted by Crippen LogP contribution is -2.44. The quantitative estimate of drug-likeness (QED) is 0.586. The first kappa shape index (κ1) is 20.2. The Bertz CT molecular complexity index is 441. The predicted molar refractivity (Wildman–Crippen MR) is 107 cm³/mol. The van der Waals surface area contributed by atoms with E-state index in [1.807, 2.05) is 0 Å². The van der Waals surface area contributed by atoms with Gasteiger partial charge < -0.3 is 19.9 Å². The van der Waals surface area contributed by atoms with Crippen molar-refractivity contribution in [3.8, 4) is 0 Å². The van der Waals surface area contributed by atoms with E-state index in [4.69, 9.17) is 4.74 Å². The summed E-state index contributed by atoms with van der Waals surface area (Å²) in [5.41, 5.74) is 2.73. The second-order valence-electron chi connectivity index (χ2n) is 7.16. The van der Waals surface area contributed by atoms with Crippen molar-refractivity contribution >= 4 is 5.69 Å². The molecule has 2 rings (SSSR count). The predicted octanol–water partition coefficient (Wildman–Crippen LogP) is 3.52. The van der Waals surface area contributed by atoms with Gasteiger partial charge in [0.15, 0.2) is 0 Å². The first-order valence-electron chi connectivity index (χ1n) is 10.1. The second-order valence-corrected chi connectivity index (χ2v) is 7.16. The van der Waals surface area contributed by atoms with Crippen molar-refractivity contribution in [2.45, 2.75) is 45.6 Å². The number of rotatable bonds is 12. The third-order valence-electron chi connectivity index (χ3n) is 4.92. The Balaban J connectivity index is 1.52. The first-order valence-corrected chi connectivity index (χ1v) is 10.1. The molecule has 1 fully saturated rings. The van der Waals surface area contributed by atoms with Crippen LogP contribution in [-0.4, -0.2) is 57.9 Å². The standard InChI is InChI=1S/C21H37N3O/c1-3-4-6-17-25-18-7-5-12-22-19-20-8-10-21(11-9-20)24-15-13-23(2)14-16-24/h8-11,22H,3-7,12-19H2,1-2H3. The molecule has 142 valence electrons. The van der Waals surface area contributed by atoms with Gasteiger partial charge in [0.2, 0.25) is 0 Å². The number of benzene rings is 1. The second kappa shape index (κ2) is 12.3. The van der Waals surface area contributed by atoms with Gasteiger partial charge in [-0.1, -0.05) is 31.9 Å². The van der Waals surface area contributed by atoms with Crippen LogP contribution in [0.25, 0.3) is 0 Å². The van der Waals surface area contributed by atoms with Crippen LogP contribution in [0.4, 0.5) is 5.69 Å². The number of ether oxygens (including phenoxy) is 1. The van der Waals surface area contributed by atoms with Crippen LogP contribution < -0.4 is 10.2 Å². The average Bonchev–Trinajstić information content (AvgIpc) is 2.64. The maximum Gasteiger partial charge on any atom is 0.0466 e. The fraction of sp³-hybridized carbons (Fsp3) is 0.714. The lowest BCUT2D eigenvalue weighted by Gasteiger charge is -2.34. The highest BCUT2D eigenvalue weighted by atomic mass is 16.5. The molecule has 1 heterocycles. The molecule has 0 amide bonds. The Labute approximate surface area is 154 Å². The average molecular weight is 348 g/mol. The van der Waals surface area contributed by atoms with Crippen LogP contribution in [0.15, 0.2) is 24.3 Å². The molecule has 1 saturated heterocycles. The highest BCUT2D eigenvalue weighted by molar-refractivity contribution is 5.48. The van der Waals surface area contributed by atoms with Crippen molar-refractivity contribution in [1.29, 1.82) is 0 Å². The lowest BCUT2D eigenvalue weighted by molar-refractivity contribution is 0.126. The van der Waals surface area contributed by atoms with Gasteiger partial charge in [0, 0.05) is 51.6 Å². The maximum atomic E-state index is 5.64. The highest BCUT2D eigenvalue weighted by Gasteiger charge is 2.13. The Morgan fingerprint density at radius 1 is 0.920 bits per heavy atom. The normalized spacial score (nSPS) is 15.7. The van der Waals surface area contributed by atoms with Crippen molar-refractivity contribution in [2.24, 2.45) is 0 Å². The van der Waals surface area contributed by atoms with Crippen LogP contribution in [0, 0.1) is 0 Å². The molecule has 4 heteroatoms. The minimum absolute atomic E-state index is 0.908. The molecule has 1 aromatic carbocycles. The Morgan fingerprint density at radius 3 is 2.28 bits per heavy atom. The van der Waals surface area contributed by atoms with Gasteiger partial charge in [0.25, 0.3) is 0 Å². The van der Waals surface area contributed by atoms with Gasteiger partial charge in [-0.25, -0.2) is 0 Å². The van der Waals surface area contributed by atoms with Gasteiger partial charge in [-0.3, -0.25) is 0 Å². The Kier molecular flexibility index (Phi) is 9.93. The molecule has 0 aromatic heterocycles. The highest BCUT2D eigenvalue weighted by Crippen LogP contribution is 2.17. The third kappa shape index (κ3) is 8.21. The SMILES string of the molecule is CCCCCOCCCCNCc1ccc(N2CCN(C)CC2)cc1. The molecule has 1 aromatic rings. The molecule has 0 radical (unpaired) electrons. The number of unbranched alkanes of at least 4 members (excludes halogenated alkanes) is 3. The number of piperazine rings is 1. The summed E-state index contributed by atoms with van der Waals surface area (Å²) in [6.07, 6.45) is 6.10. The van der Waals surface area contributed by atoms with E-state index < -0.39 is 0 Å². The molecule has 0 unspecified atom stereocenters. The first-order chi connectivity index (χ1) is 12.3. The summed E-state index contributed by atoms with van der Waals surface area (Å²) in [7, 11) is 2.20. The van der Waals surface area contributed by atoms with Gasteiger partial charge in [-0.2, -0.15) is 0 Å². The largest absolute Gasteiger partial charge is 0.381 e. The summed E-state index contributed by atoms with van der Waals surface area (Å²) >= 11 is 0. The van der Waals surface area contributed by atoms with Gasteiger partial charge in [0.05, 0.1) is 0 Å². The van der Waals surface area contributed by atoms with Crippen molar-refractivity contribution in [3.63, 3.8) is 0 Å². The zero-order valence-electron chi connectivity index (χ0n) is 16.3. The molecule has 0 aliphatic carbocycles. The third-order valence-corrected chi connectivity index (χ3v) is 4.92. The van der Waals surface area contributed by atoms with Crippen molar-refractivity contribution in [3.05, 3.63) is 29.8 Å².